The lowest BCUT2D eigenvalue weighted by Crippen LogP contribution is -2.20. The van der Waals surface area contributed by atoms with Crippen molar-refractivity contribution < 1.29 is 19.2 Å². The van der Waals surface area contributed by atoms with Crippen LogP contribution in [0.15, 0.2) is 71.2 Å². The molecule has 0 aliphatic carbocycles. The number of ketones is 1. The summed E-state index contributed by atoms with van der Waals surface area (Å²) >= 11 is 3.09. The van der Waals surface area contributed by atoms with Gasteiger partial charge >= 0.3 is 5.97 Å². The van der Waals surface area contributed by atoms with Gasteiger partial charge in [-0.3, -0.25) is 14.9 Å². The number of hydrogen-bond donors (Lipinski definition) is 0. The first-order valence-corrected chi connectivity index (χ1v) is 9.88. The molecular formula is C23H18BrNO5. The van der Waals surface area contributed by atoms with Gasteiger partial charge in [0, 0.05) is 17.2 Å². The summed E-state index contributed by atoms with van der Waals surface area (Å²) in [6.45, 7) is 3.84. The smallest absolute Gasteiger partial charge is 0.339 e. The maximum atomic E-state index is 13.2. The van der Waals surface area contributed by atoms with Crippen molar-refractivity contribution >= 4 is 33.4 Å². The number of esters is 1. The third-order valence-electron chi connectivity index (χ3n) is 4.74. The number of ether oxygens (including phenoxy) is 1. The molecule has 0 aromatic heterocycles. The number of nitro groups is 1. The van der Waals surface area contributed by atoms with Gasteiger partial charge in [0.25, 0.3) is 5.69 Å². The number of aryl methyl sites for hydroxylation is 2. The van der Waals surface area contributed by atoms with Crippen molar-refractivity contribution in [3.05, 3.63) is 109 Å². The molecule has 0 aliphatic heterocycles. The van der Waals surface area contributed by atoms with Crippen molar-refractivity contribution in [2.24, 2.45) is 0 Å². The Balaban J connectivity index is 1.97. The molecule has 0 N–H and O–H groups in total. The highest BCUT2D eigenvalue weighted by molar-refractivity contribution is 9.10. The summed E-state index contributed by atoms with van der Waals surface area (Å²) in [6, 6.07) is 17.9. The average Bonchev–Trinajstić information content (AvgIpc) is 2.74. The Kier molecular flexibility index (Phi) is 6.42. The van der Waals surface area contributed by atoms with Crippen molar-refractivity contribution in [2.75, 3.05) is 0 Å². The van der Waals surface area contributed by atoms with Crippen molar-refractivity contribution in [1.29, 1.82) is 0 Å². The number of nitro benzene ring substituents is 1. The minimum Gasteiger partial charge on any atom is -0.445 e. The van der Waals surface area contributed by atoms with Crippen LogP contribution in [-0.4, -0.2) is 16.7 Å². The van der Waals surface area contributed by atoms with Crippen LogP contribution in [0.3, 0.4) is 0 Å². The fourth-order valence-corrected chi connectivity index (χ4v) is 3.29. The minimum atomic E-state index is -1.18. The van der Waals surface area contributed by atoms with E-state index in [4.69, 9.17) is 4.74 Å². The number of hydrogen-bond acceptors (Lipinski definition) is 5. The summed E-state index contributed by atoms with van der Waals surface area (Å²) in [4.78, 5) is 36.5. The van der Waals surface area contributed by atoms with Crippen molar-refractivity contribution in [2.45, 2.75) is 20.0 Å². The third kappa shape index (κ3) is 4.63. The maximum absolute atomic E-state index is 13.2. The number of Topliss-reactive ketones (excluding diaryl/α,β-unsaturated/α-hetero) is 1. The number of halogens is 1. The van der Waals surface area contributed by atoms with Gasteiger partial charge in [-0.15, -0.1) is 0 Å². The first-order chi connectivity index (χ1) is 14.3. The Morgan fingerprint density at radius 1 is 0.933 bits per heavy atom. The Bertz CT molecular complexity index is 1130. The Morgan fingerprint density at radius 2 is 1.60 bits per heavy atom. The molecule has 3 aromatic carbocycles. The number of nitrogens with zero attached hydrogens (tertiary/aromatic N) is 1. The summed E-state index contributed by atoms with van der Waals surface area (Å²) in [6.07, 6.45) is -1.18. The zero-order valence-corrected chi connectivity index (χ0v) is 17.9. The van der Waals surface area contributed by atoms with E-state index in [2.05, 4.69) is 15.9 Å². The third-order valence-corrected chi connectivity index (χ3v) is 5.41. The molecule has 30 heavy (non-hydrogen) atoms. The lowest BCUT2D eigenvalue weighted by atomic mass is 9.97. The van der Waals surface area contributed by atoms with Crippen LogP contribution in [-0.2, 0) is 4.74 Å². The van der Waals surface area contributed by atoms with Crippen LogP contribution in [0.2, 0.25) is 0 Å². The highest BCUT2D eigenvalue weighted by atomic mass is 79.9. The topological polar surface area (TPSA) is 86.5 Å². The van der Waals surface area contributed by atoms with E-state index in [1.165, 1.54) is 12.1 Å². The van der Waals surface area contributed by atoms with Gasteiger partial charge in [0.1, 0.15) is 0 Å². The highest BCUT2D eigenvalue weighted by Gasteiger charge is 2.28. The Labute approximate surface area is 181 Å². The lowest BCUT2D eigenvalue weighted by molar-refractivity contribution is -0.385. The molecule has 0 saturated carbocycles. The second kappa shape index (κ2) is 9.00. The van der Waals surface area contributed by atoms with Gasteiger partial charge in [0.15, 0.2) is 6.10 Å². The molecular weight excluding hydrogens is 450 g/mol. The molecule has 3 rings (SSSR count). The average molecular weight is 468 g/mol. The van der Waals surface area contributed by atoms with Crippen molar-refractivity contribution in [1.82, 2.24) is 0 Å². The summed E-state index contributed by atoms with van der Waals surface area (Å²) in [5, 5.41) is 11.2. The molecule has 0 fully saturated rings. The standard InChI is InChI=1S/C23H18BrNO5/c1-14-8-9-17(12-15(14)2)21(26)22(16-6-4-3-5-7-16)30-23(27)18-10-11-19(24)20(13-18)25(28)29/h3-13,22H,1-2H3/t22-/m1/s1. The molecule has 0 saturated heterocycles. The quantitative estimate of drug-likeness (QED) is 0.199. The van der Waals surface area contributed by atoms with E-state index < -0.39 is 17.0 Å². The summed E-state index contributed by atoms with van der Waals surface area (Å²) in [7, 11) is 0. The van der Waals surface area contributed by atoms with Gasteiger partial charge in [0.2, 0.25) is 5.78 Å². The van der Waals surface area contributed by atoms with Crippen LogP contribution >= 0.6 is 15.9 Å². The van der Waals surface area contributed by atoms with Gasteiger partial charge < -0.3 is 4.74 Å². The molecule has 6 nitrogen and oxygen atoms in total. The zero-order chi connectivity index (χ0) is 21.8. The molecule has 0 unspecified atom stereocenters. The molecule has 152 valence electrons. The molecule has 7 heteroatoms. The molecule has 0 spiro atoms. The van der Waals surface area contributed by atoms with Crippen LogP contribution in [0.4, 0.5) is 5.69 Å². The Morgan fingerprint density at radius 3 is 2.23 bits per heavy atom. The normalized spacial score (nSPS) is 11.6. The van der Waals surface area contributed by atoms with Crippen molar-refractivity contribution in [3.63, 3.8) is 0 Å². The van der Waals surface area contributed by atoms with E-state index in [-0.39, 0.29) is 21.5 Å². The minimum absolute atomic E-state index is 0.0151. The summed E-state index contributed by atoms with van der Waals surface area (Å²) in [5.74, 6) is -1.19. The van der Waals surface area contributed by atoms with E-state index in [0.29, 0.717) is 11.1 Å². The van der Waals surface area contributed by atoms with Crippen LogP contribution in [0.5, 0.6) is 0 Å². The predicted molar refractivity (Wildman–Crippen MR) is 116 cm³/mol. The second-order valence-electron chi connectivity index (χ2n) is 6.78. The monoisotopic (exact) mass is 467 g/mol. The molecule has 3 aromatic rings. The van der Waals surface area contributed by atoms with Gasteiger partial charge in [-0.2, -0.15) is 0 Å². The summed E-state index contributed by atoms with van der Waals surface area (Å²) in [5.41, 5.74) is 2.65. The molecule has 0 aliphatic rings. The molecule has 0 radical (unpaired) electrons. The SMILES string of the molecule is Cc1ccc(C(=O)[C@H](OC(=O)c2ccc(Br)c([N+](=O)[O-])c2)c2ccccc2)cc1C. The molecule has 0 heterocycles. The van der Waals surface area contributed by atoms with Crippen LogP contribution in [0.25, 0.3) is 0 Å². The number of carbonyl (C=O) groups excluding carboxylic acids is 2. The van der Waals surface area contributed by atoms with Crippen LogP contribution in [0.1, 0.15) is 43.5 Å². The lowest BCUT2D eigenvalue weighted by Gasteiger charge is -2.18. The van der Waals surface area contributed by atoms with Crippen molar-refractivity contribution in [3.8, 4) is 0 Å². The first-order valence-electron chi connectivity index (χ1n) is 9.09. The molecule has 0 amide bonds. The van der Waals surface area contributed by atoms with E-state index in [9.17, 15) is 19.7 Å². The van der Waals surface area contributed by atoms with Gasteiger partial charge in [-0.1, -0.05) is 42.5 Å². The molecule has 1 atom stereocenters. The van der Waals surface area contributed by atoms with Crippen LogP contribution in [0, 0.1) is 24.0 Å². The number of carbonyl (C=O) groups is 2. The van der Waals surface area contributed by atoms with E-state index >= 15 is 0 Å². The van der Waals surface area contributed by atoms with Gasteiger partial charge in [-0.05, 0) is 59.1 Å². The highest BCUT2D eigenvalue weighted by Crippen LogP contribution is 2.28. The van der Waals surface area contributed by atoms with Gasteiger partial charge in [0.05, 0.1) is 15.0 Å². The number of rotatable bonds is 6. The fourth-order valence-electron chi connectivity index (χ4n) is 2.90. The van der Waals surface area contributed by atoms with E-state index in [1.54, 1.807) is 42.5 Å². The van der Waals surface area contributed by atoms with Gasteiger partial charge in [-0.25, -0.2) is 4.79 Å². The zero-order valence-electron chi connectivity index (χ0n) is 16.3. The second-order valence-corrected chi connectivity index (χ2v) is 7.64. The first kappa shape index (κ1) is 21.4. The maximum Gasteiger partial charge on any atom is 0.339 e. The Hall–Kier alpha value is -3.32. The summed E-state index contributed by atoms with van der Waals surface area (Å²) < 4.78 is 5.80. The molecule has 0 bridgehead atoms. The fraction of sp³-hybridized carbons (Fsp3) is 0.130. The largest absolute Gasteiger partial charge is 0.445 e. The van der Waals surface area contributed by atoms with E-state index in [1.807, 2.05) is 19.9 Å². The predicted octanol–water partition coefficient (Wildman–Crippen LogP) is 5.76. The van der Waals surface area contributed by atoms with E-state index in [0.717, 1.165) is 17.2 Å². The number of benzene rings is 3. The van der Waals surface area contributed by atoms with Crippen LogP contribution < -0.4 is 0 Å².